The SMILES string of the molecule is C=CCOc1ccccc1CNCCN(CC)CCC. The molecule has 0 amide bonds. The van der Waals surface area contributed by atoms with Gasteiger partial charge in [0.2, 0.25) is 0 Å². The lowest BCUT2D eigenvalue weighted by molar-refractivity contribution is 0.287. The molecule has 1 N–H and O–H groups in total. The van der Waals surface area contributed by atoms with E-state index in [1.54, 1.807) is 6.08 Å². The third-order valence-corrected chi connectivity index (χ3v) is 3.24. The third-order valence-electron chi connectivity index (χ3n) is 3.24. The molecule has 1 aromatic carbocycles. The van der Waals surface area contributed by atoms with E-state index >= 15 is 0 Å². The molecule has 0 bridgehead atoms. The molecule has 0 spiro atoms. The van der Waals surface area contributed by atoms with E-state index in [4.69, 9.17) is 4.74 Å². The Bertz CT molecular complexity index is 379. The van der Waals surface area contributed by atoms with Crippen LogP contribution in [0.4, 0.5) is 0 Å². The van der Waals surface area contributed by atoms with Crippen LogP contribution in [-0.4, -0.2) is 37.7 Å². The van der Waals surface area contributed by atoms with Gasteiger partial charge >= 0.3 is 0 Å². The van der Waals surface area contributed by atoms with E-state index < -0.39 is 0 Å². The Morgan fingerprint density at radius 3 is 2.75 bits per heavy atom. The number of para-hydroxylation sites is 1. The van der Waals surface area contributed by atoms with Crippen LogP contribution in [0.25, 0.3) is 0 Å². The third kappa shape index (κ3) is 6.22. The maximum absolute atomic E-state index is 5.66. The number of benzene rings is 1. The highest BCUT2D eigenvalue weighted by Crippen LogP contribution is 2.17. The molecule has 1 aromatic rings. The van der Waals surface area contributed by atoms with Crippen LogP contribution in [0.2, 0.25) is 0 Å². The van der Waals surface area contributed by atoms with Crippen molar-refractivity contribution in [2.24, 2.45) is 0 Å². The van der Waals surface area contributed by atoms with Gasteiger partial charge in [-0.3, -0.25) is 0 Å². The Balaban J connectivity index is 2.35. The number of nitrogens with one attached hydrogen (secondary N) is 1. The van der Waals surface area contributed by atoms with Crippen LogP contribution < -0.4 is 10.1 Å². The van der Waals surface area contributed by atoms with Crippen LogP contribution in [0.3, 0.4) is 0 Å². The van der Waals surface area contributed by atoms with Crippen molar-refractivity contribution >= 4 is 0 Å². The standard InChI is InChI=1S/C17H28N2O/c1-4-12-19(6-3)13-11-18-15-16-9-7-8-10-17(16)20-14-5-2/h5,7-10,18H,2,4,6,11-15H2,1,3H3. The molecular formula is C17H28N2O. The number of hydrogen-bond donors (Lipinski definition) is 1. The number of likely N-dealkylation sites (N-methyl/N-ethyl adjacent to an activating group) is 1. The van der Waals surface area contributed by atoms with Gasteiger partial charge in [-0.05, 0) is 25.6 Å². The normalized spacial score (nSPS) is 10.8. The van der Waals surface area contributed by atoms with E-state index in [-0.39, 0.29) is 0 Å². The summed E-state index contributed by atoms with van der Waals surface area (Å²) < 4.78 is 5.66. The molecule has 3 nitrogen and oxygen atoms in total. The highest BCUT2D eigenvalue weighted by atomic mass is 16.5. The van der Waals surface area contributed by atoms with Crippen LogP contribution in [0.1, 0.15) is 25.8 Å². The van der Waals surface area contributed by atoms with E-state index in [0.29, 0.717) is 6.61 Å². The molecule has 20 heavy (non-hydrogen) atoms. The number of rotatable bonds is 11. The van der Waals surface area contributed by atoms with Gasteiger partial charge in [0, 0.05) is 25.2 Å². The summed E-state index contributed by atoms with van der Waals surface area (Å²) in [6.45, 7) is 13.9. The molecular weight excluding hydrogens is 248 g/mol. The summed E-state index contributed by atoms with van der Waals surface area (Å²) in [5.74, 6) is 0.945. The van der Waals surface area contributed by atoms with Crippen LogP contribution >= 0.6 is 0 Å². The molecule has 0 atom stereocenters. The largest absolute Gasteiger partial charge is 0.489 e. The number of nitrogens with zero attached hydrogens (tertiary/aromatic N) is 1. The van der Waals surface area contributed by atoms with E-state index in [0.717, 1.165) is 31.9 Å². The predicted octanol–water partition coefficient (Wildman–Crippen LogP) is 3.07. The molecule has 1 rings (SSSR count). The lowest BCUT2D eigenvalue weighted by Gasteiger charge is -2.19. The smallest absolute Gasteiger partial charge is 0.124 e. The Morgan fingerprint density at radius 1 is 1.25 bits per heavy atom. The first kappa shape index (κ1) is 16.7. The fourth-order valence-corrected chi connectivity index (χ4v) is 2.14. The molecule has 0 radical (unpaired) electrons. The predicted molar refractivity (Wildman–Crippen MR) is 86.2 cm³/mol. The van der Waals surface area contributed by atoms with E-state index in [1.165, 1.54) is 18.5 Å². The highest BCUT2D eigenvalue weighted by molar-refractivity contribution is 5.33. The van der Waals surface area contributed by atoms with Crippen molar-refractivity contribution in [3.63, 3.8) is 0 Å². The first-order chi connectivity index (χ1) is 9.81. The van der Waals surface area contributed by atoms with Gasteiger partial charge in [0.05, 0.1) is 0 Å². The van der Waals surface area contributed by atoms with E-state index in [9.17, 15) is 0 Å². The Morgan fingerprint density at radius 2 is 2.05 bits per heavy atom. The second-order valence-corrected chi connectivity index (χ2v) is 4.82. The summed E-state index contributed by atoms with van der Waals surface area (Å²) in [5, 5.41) is 3.49. The molecule has 0 saturated heterocycles. The minimum absolute atomic E-state index is 0.553. The van der Waals surface area contributed by atoms with Gasteiger partial charge in [-0.15, -0.1) is 0 Å². The molecule has 0 aliphatic carbocycles. The molecule has 0 fully saturated rings. The number of ether oxygens (including phenoxy) is 1. The van der Waals surface area contributed by atoms with Gasteiger partial charge in [-0.25, -0.2) is 0 Å². The maximum atomic E-state index is 5.66. The van der Waals surface area contributed by atoms with Gasteiger partial charge in [0.25, 0.3) is 0 Å². The van der Waals surface area contributed by atoms with Gasteiger partial charge in [0.1, 0.15) is 12.4 Å². The fraction of sp³-hybridized carbons (Fsp3) is 0.529. The minimum Gasteiger partial charge on any atom is -0.489 e. The zero-order valence-corrected chi connectivity index (χ0v) is 12.9. The summed E-state index contributed by atoms with van der Waals surface area (Å²) in [5.41, 5.74) is 1.20. The van der Waals surface area contributed by atoms with Gasteiger partial charge in [-0.2, -0.15) is 0 Å². The molecule has 0 aromatic heterocycles. The zero-order valence-electron chi connectivity index (χ0n) is 12.9. The maximum Gasteiger partial charge on any atom is 0.124 e. The molecule has 0 aliphatic heterocycles. The van der Waals surface area contributed by atoms with Gasteiger partial charge < -0.3 is 15.0 Å². The Labute approximate surface area is 123 Å². The van der Waals surface area contributed by atoms with Crippen LogP contribution in [0.15, 0.2) is 36.9 Å². The van der Waals surface area contributed by atoms with Crippen molar-refractivity contribution in [2.45, 2.75) is 26.8 Å². The second-order valence-electron chi connectivity index (χ2n) is 4.82. The monoisotopic (exact) mass is 276 g/mol. The quantitative estimate of drug-likeness (QED) is 0.496. The summed E-state index contributed by atoms with van der Waals surface area (Å²) in [7, 11) is 0. The average Bonchev–Trinajstić information content (AvgIpc) is 2.49. The highest BCUT2D eigenvalue weighted by Gasteiger charge is 2.03. The molecule has 3 heteroatoms. The van der Waals surface area contributed by atoms with Crippen molar-refractivity contribution in [1.29, 1.82) is 0 Å². The van der Waals surface area contributed by atoms with Gasteiger partial charge in [-0.1, -0.05) is 44.7 Å². The molecule has 0 unspecified atom stereocenters. The average molecular weight is 276 g/mol. The summed E-state index contributed by atoms with van der Waals surface area (Å²) >= 11 is 0. The zero-order chi connectivity index (χ0) is 14.6. The first-order valence-corrected chi connectivity index (χ1v) is 7.56. The summed E-state index contributed by atoms with van der Waals surface area (Å²) in [4.78, 5) is 2.47. The fourth-order valence-electron chi connectivity index (χ4n) is 2.14. The van der Waals surface area contributed by atoms with Crippen molar-refractivity contribution in [1.82, 2.24) is 10.2 Å². The Kier molecular flexibility index (Phi) is 8.76. The number of hydrogen-bond acceptors (Lipinski definition) is 3. The second kappa shape index (κ2) is 10.5. The topological polar surface area (TPSA) is 24.5 Å². The first-order valence-electron chi connectivity index (χ1n) is 7.56. The van der Waals surface area contributed by atoms with Gasteiger partial charge in [0.15, 0.2) is 0 Å². The summed E-state index contributed by atoms with van der Waals surface area (Å²) in [6.07, 6.45) is 2.99. The molecule has 0 heterocycles. The van der Waals surface area contributed by atoms with E-state index in [2.05, 4.69) is 36.7 Å². The van der Waals surface area contributed by atoms with Crippen LogP contribution in [-0.2, 0) is 6.54 Å². The summed E-state index contributed by atoms with van der Waals surface area (Å²) in [6, 6.07) is 8.17. The van der Waals surface area contributed by atoms with Crippen molar-refractivity contribution in [2.75, 3.05) is 32.8 Å². The van der Waals surface area contributed by atoms with Crippen LogP contribution in [0, 0.1) is 0 Å². The minimum atomic E-state index is 0.553. The lowest BCUT2D eigenvalue weighted by atomic mass is 10.2. The van der Waals surface area contributed by atoms with Crippen molar-refractivity contribution in [3.05, 3.63) is 42.5 Å². The Hall–Kier alpha value is -1.32. The molecule has 0 saturated carbocycles. The van der Waals surface area contributed by atoms with Crippen molar-refractivity contribution < 1.29 is 4.74 Å². The van der Waals surface area contributed by atoms with Crippen LogP contribution in [0.5, 0.6) is 5.75 Å². The lowest BCUT2D eigenvalue weighted by Crippen LogP contribution is -2.32. The van der Waals surface area contributed by atoms with E-state index in [1.807, 2.05) is 18.2 Å². The molecule has 0 aliphatic rings. The van der Waals surface area contributed by atoms with Crippen molar-refractivity contribution in [3.8, 4) is 5.75 Å². The molecule has 112 valence electrons.